The summed E-state index contributed by atoms with van der Waals surface area (Å²) in [5, 5.41) is 6.42. The van der Waals surface area contributed by atoms with E-state index in [9.17, 15) is 4.79 Å². The third-order valence-corrected chi connectivity index (χ3v) is 3.53. The maximum absolute atomic E-state index is 11.8. The Bertz CT molecular complexity index is 220. The standard InChI is InChI=1S/C12H22N2O/c1-2-10(8-9-5-6-9)14-12(15)11-4-3-7-13-11/h9-11,13H,2-8H2,1H3,(H,14,15). The van der Waals surface area contributed by atoms with E-state index in [1.807, 2.05) is 0 Å². The van der Waals surface area contributed by atoms with E-state index in [0.717, 1.165) is 31.7 Å². The highest BCUT2D eigenvalue weighted by Gasteiger charge is 2.28. The van der Waals surface area contributed by atoms with Crippen LogP contribution in [0.3, 0.4) is 0 Å². The van der Waals surface area contributed by atoms with Crippen LogP contribution in [0.25, 0.3) is 0 Å². The molecule has 1 aliphatic carbocycles. The maximum Gasteiger partial charge on any atom is 0.237 e. The van der Waals surface area contributed by atoms with Crippen LogP contribution in [0.2, 0.25) is 0 Å². The van der Waals surface area contributed by atoms with Gasteiger partial charge in [0.15, 0.2) is 0 Å². The van der Waals surface area contributed by atoms with Gasteiger partial charge in [-0.05, 0) is 38.1 Å². The number of carbonyl (C=O) groups is 1. The van der Waals surface area contributed by atoms with Crippen molar-refractivity contribution in [3.63, 3.8) is 0 Å². The molecule has 15 heavy (non-hydrogen) atoms. The summed E-state index contributed by atoms with van der Waals surface area (Å²) in [4.78, 5) is 11.8. The van der Waals surface area contributed by atoms with Crippen molar-refractivity contribution in [3.05, 3.63) is 0 Å². The van der Waals surface area contributed by atoms with Crippen molar-refractivity contribution in [1.29, 1.82) is 0 Å². The lowest BCUT2D eigenvalue weighted by molar-refractivity contribution is -0.123. The summed E-state index contributed by atoms with van der Waals surface area (Å²) >= 11 is 0. The third kappa shape index (κ3) is 3.20. The molecule has 2 rings (SSSR count). The Morgan fingerprint density at radius 2 is 2.27 bits per heavy atom. The molecule has 1 heterocycles. The minimum Gasteiger partial charge on any atom is -0.352 e. The van der Waals surface area contributed by atoms with Gasteiger partial charge in [-0.15, -0.1) is 0 Å². The molecule has 0 aromatic rings. The molecule has 0 spiro atoms. The number of carbonyl (C=O) groups excluding carboxylic acids is 1. The second kappa shape index (κ2) is 4.97. The SMILES string of the molecule is CCC(CC1CC1)NC(=O)C1CCCN1. The lowest BCUT2D eigenvalue weighted by atomic mass is 10.1. The molecule has 2 fully saturated rings. The molecule has 2 unspecified atom stereocenters. The zero-order valence-electron chi connectivity index (χ0n) is 9.59. The molecule has 0 radical (unpaired) electrons. The topological polar surface area (TPSA) is 41.1 Å². The average molecular weight is 210 g/mol. The number of nitrogens with one attached hydrogen (secondary N) is 2. The summed E-state index contributed by atoms with van der Waals surface area (Å²) in [6, 6.07) is 0.491. The van der Waals surface area contributed by atoms with Crippen molar-refractivity contribution in [2.75, 3.05) is 6.54 Å². The van der Waals surface area contributed by atoms with Crippen molar-refractivity contribution in [2.45, 2.75) is 57.5 Å². The van der Waals surface area contributed by atoms with Crippen molar-refractivity contribution in [1.82, 2.24) is 10.6 Å². The van der Waals surface area contributed by atoms with Crippen LogP contribution in [0, 0.1) is 5.92 Å². The summed E-state index contributed by atoms with van der Waals surface area (Å²) in [6.07, 6.45) is 7.13. The Kier molecular flexibility index (Phi) is 3.62. The molecule has 2 atom stereocenters. The molecular weight excluding hydrogens is 188 g/mol. The quantitative estimate of drug-likeness (QED) is 0.721. The predicted molar refractivity (Wildman–Crippen MR) is 60.6 cm³/mol. The van der Waals surface area contributed by atoms with E-state index in [4.69, 9.17) is 0 Å². The van der Waals surface area contributed by atoms with Crippen molar-refractivity contribution < 1.29 is 4.79 Å². The Labute approximate surface area is 92.0 Å². The lowest BCUT2D eigenvalue weighted by Gasteiger charge is -2.19. The highest BCUT2D eigenvalue weighted by atomic mass is 16.2. The van der Waals surface area contributed by atoms with Gasteiger partial charge in [-0.2, -0.15) is 0 Å². The molecule has 1 amide bonds. The fourth-order valence-electron chi connectivity index (χ4n) is 2.29. The van der Waals surface area contributed by atoms with Gasteiger partial charge < -0.3 is 10.6 Å². The van der Waals surface area contributed by atoms with Gasteiger partial charge in [0.2, 0.25) is 5.91 Å². The molecule has 1 saturated carbocycles. The number of amides is 1. The first kappa shape index (κ1) is 10.9. The van der Waals surface area contributed by atoms with Gasteiger partial charge in [0.25, 0.3) is 0 Å². The van der Waals surface area contributed by atoms with Gasteiger partial charge in [-0.25, -0.2) is 0 Å². The van der Waals surface area contributed by atoms with Crippen LogP contribution < -0.4 is 10.6 Å². The Hall–Kier alpha value is -0.570. The summed E-state index contributed by atoms with van der Waals surface area (Å²) in [7, 11) is 0. The largest absolute Gasteiger partial charge is 0.352 e. The van der Waals surface area contributed by atoms with Gasteiger partial charge in [0, 0.05) is 6.04 Å². The van der Waals surface area contributed by atoms with E-state index in [1.165, 1.54) is 19.3 Å². The van der Waals surface area contributed by atoms with Crippen molar-refractivity contribution in [3.8, 4) is 0 Å². The zero-order valence-corrected chi connectivity index (χ0v) is 9.59. The normalized spacial score (nSPS) is 27.7. The summed E-state index contributed by atoms with van der Waals surface area (Å²) in [5.74, 6) is 1.12. The van der Waals surface area contributed by atoms with E-state index in [2.05, 4.69) is 17.6 Å². The van der Waals surface area contributed by atoms with Crippen LogP contribution in [0.5, 0.6) is 0 Å². The van der Waals surface area contributed by atoms with Gasteiger partial charge >= 0.3 is 0 Å². The molecule has 2 aliphatic rings. The van der Waals surface area contributed by atoms with Crippen LogP contribution in [0.1, 0.15) is 45.4 Å². The van der Waals surface area contributed by atoms with E-state index >= 15 is 0 Å². The number of hydrogen-bond donors (Lipinski definition) is 2. The monoisotopic (exact) mass is 210 g/mol. The third-order valence-electron chi connectivity index (χ3n) is 3.53. The van der Waals surface area contributed by atoms with Crippen molar-refractivity contribution in [2.24, 2.45) is 5.92 Å². The Morgan fingerprint density at radius 1 is 1.47 bits per heavy atom. The summed E-state index contributed by atoms with van der Waals surface area (Å²) < 4.78 is 0. The maximum atomic E-state index is 11.8. The van der Waals surface area contributed by atoms with Gasteiger partial charge in [-0.1, -0.05) is 19.8 Å². The number of rotatable bonds is 5. The molecule has 0 aromatic heterocycles. The van der Waals surface area contributed by atoms with E-state index in [-0.39, 0.29) is 11.9 Å². The van der Waals surface area contributed by atoms with E-state index < -0.39 is 0 Å². The van der Waals surface area contributed by atoms with Gasteiger partial charge in [0.05, 0.1) is 6.04 Å². The highest BCUT2D eigenvalue weighted by molar-refractivity contribution is 5.82. The van der Waals surface area contributed by atoms with Gasteiger partial charge in [0.1, 0.15) is 0 Å². The predicted octanol–water partition coefficient (Wildman–Crippen LogP) is 1.43. The Morgan fingerprint density at radius 3 is 2.80 bits per heavy atom. The van der Waals surface area contributed by atoms with Crippen LogP contribution in [-0.4, -0.2) is 24.5 Å². The fourth-order valence-corrected chi connectivity index (χ4v) is 2.29. The molecule has 86 valence electrons. The molecule has 3 nitrogen and oxygen atoms in total. The molecule has 1 aliphatic heterocycles. The second-order valence-electron chi connectivity index (χ2n) is 4.94. The second-order valence-corrected chi connectivity index (χ2v) is 4.94. The van der Waals surface area contributed by atoms with E-state index in [1.54, 1.807) is 0 Å². The van der Waals surface area contributed by atoms with Crippen LogP contribution >= 0.6 is 0 Å². The number of hydrogen-bond acceptors (Lipinski definition) is 2. The summed E-state index contributed by atoms with van der Waals surface area (Å²) in [6.45, 7) is 3.16. The minimum absolute atomic E-state index is 0.0817. The lowest BCUT2D eigenvalue weighted by Crippen LogP contribution is -2.45. The Balaban J connectivity index is 1.74. The van der Waals surface area contributed by atoms with Crippen LogP contribution in [0.4, 0.5) is 0 Å². The average Bonchev–Trinajstić information content (AvgIpc) is 2.88. The zero-order chi connectivity index (χ0) is 10.7. The first-order chi connectivity index (χ1) is 7.29. The summed E-state index contributed by atoms with van der Waals surface area (Å²) in [5.41, 5.74) is 0. The van der Waals surface area contributed by atoms with Crippen LogP contribution in [-0.2, 0) is 4.79 Å². The van der Waals surface area contributed by atoms with Gasteiger partial charge in [-0.3, -0.25) is 4.79 Å². The van der Waals surface area contributed by atoms with Crippen molar-refractivity contribution >= 4 is 5.91 Å². The molecule has 2 N–H and O–H groups in total. The molecule has 0 bridgehead atoms. The smallest absolute Gasteiger partial charge is 0.237 e. The minimum atomic E-state index is 0.0817. The fraction of sp³-hybridized carbons (Fsp3) is 0.917. The molecule has 3 heteroatoms. The van der Waals surface area contributed by atoms with E-state index in [0.29, 0.717) is 6.04 Å². The first-order valence-electron chi connectivity index (χ1n) is 6.33. The first-order valence-corrected chi connectivity index (χ1v) is 6.33. The molecule has 0 aromatic carbocycles. The van der Waals surface area contributed by atoms with Crippen LogP contribution in [0.15, 0.2) is 0 Å². The highest BCUT2D eigenvalue weighted by Crippen LogP contribution is 2.34. The molecule has 1 saturated heterocycles. The molecular formula is C12H22N2O.